The molecule has 3 rings (SSSR count). The number of rotatable bonds is 7. The largest absolute Gasteiger partial charge is 0.493 e. The molecule has 2 aliphatic rings. The molecule has 2 fully saturated rings. The Kier molecular flexibility index (Phi) is 7.20. The van der Waals surface area contributed by atoms with Crippen molar-refractivity contribution in [1.82, 2.24) is 15.1 Å². The third-order valence-corrected chi connectivity index (χ3v) is 6.02. The van der Waals surface area contributed by atoms with Gasteiger partial charge in [0, 0.05) is 19.0 Å². The topological polar surface area (TPSA) is 96.0 Å². The number of likely N-dealkylation sites (N-methyl/N-ethyl adjacent to an activating group) is 1. The number of likely N-dealkylation sites (tertiary alicyclic amines) is 1. The zero-order valence-corrected chi connectivity index (χ0v) is 17.6. The van der Waals surface area contributed by atoms with Gasteiger partial charge in [0.1, 0.15) is 11.8 Å². The van der Waals surface area contributed by atoms with Crippen LogP contribution in [0.4, 0.5) is 0 Å². The van der Waals surface area contributed by atoms with Crippen molar-refractivity contribution in [3.05, 3.63) is 29.3 Å². The zero-order valence-electron chi connectivity index (χ0n) is 17.6. The summed E-state index contributed by atoms with van der Waals surface area (Å²) in [6, 6.07) is 4.15. The summed E-state index contributed by atoms with van der Waals surface area (Å²) < 4.78 is 5.94. The smallest absolute Gasteiger partial charge is 0.258 e. The van der Waals surface area contributed by atoms with Crippen LogP contribution < -0.4 is 10.1 Å². The number of hydrogen-bond acceptors (Lipinski definition) is 6. The lowest BCUT2D eigenvalue weighted by molar-refractivity contribution is -0.136. The van der Waals surface area contributed by atoms with Gasteiger partial charge in [-0.15, -0.1) is 0 Å². The van der Waals surface area contributed by atoms with Crippen molar-refractivity contribution in [2.24, 2.45) is 5.92 Å². The van der Waals surface area contributed by atoms with Crippen LogP contribution in [0.15, 0.2) is 18.2 Å². The minimum atomic E-state index is -0.762. The standard InChI is InChI=1S/C22H29N3O5/c1-24-11-8-15(9-12-24)10-13-30-18-5-3-4-16(14-26)20(18)22(29)25(2)17-6-7-19(27)23-21(17)28/h3-5,14-15,17H,6-13H2,1-2H3,(H,23,27,28). The molecule has 0 aliphatic carbocycles. The van der Waals surface area contributed by atoms with E-state index in [1.165, 1.54) is 11.9 Å². The predicted molar refractivity (Wildman–Crippen MR) is 110 cm³/mol. The number of piperidine rings is 2. The van der Waals surface area contributed by atoms with Crippen LogP contribution >= 0.6 is 0 Å². The van der Waals surface area contributed by atoms with Gasteiger partial charge < -0.3 is 14.5 Å². The highest BCUT2D eigenvalue weighted by molar-refractivity contribution is 6.07. The van der Waals surface area contributed by atoms with Crippen LogP contribution in [-0.4, -0.2) is 73.6 Å². The molecule has 3 amide bonds. The van der Waals surface area contributed by atoms with Crippen molar-refractivity contribution in [3.8, 4) is 5.75 Å². The van der Waals surface area contributed by atoms with E-state index in [-0.39, 0.29) is 29.9 Å². The molecule has 1 unspecified atom stereocenters. The van der Waals surface area contributed by atoms with Crippen LogP contribution in [0.2, 0.25) is 0 Å². The first-order valence-corrected chi connectivity index (χ1v) is 10.4. The van der Waals surface area contributed by atoms with E-state index in [0.29, 0.717) is 24.6 Å². The Balaban J connectivity index is 1.71. The van der Waals surface area contributed by atoms with Crippen LogP contribution in [-0.2, 0) is 9.59 Å². The maximum absolute atomic E-state index is 13.2. The lowest BCUT2D eigenvalue weighted by Gasteiger charge is -2.30. The van der Waals surface area contributed by atoms with Crippen molar-refractivity contribution >= 4 is 24.0 Å². The summed E-state index contributed by atoms with van der Waals surface area (Å²) in [7, 11) is 3.63. The normalized spacial score (nSPS) is 20.5. The number of carbonyl (C=O) groups is 4. The average Bonchev–Trinajstić information content (AvgIpc) is 2.74. The van der Waals surface area contributed by atoms with Crippen LogP contribution in [0, 0.1) is 5.92 Å². The molecule has 1 N–H and O–H groups in total. The van der Waals surface area contributed by atoms with E-state index in [4.69, 9.17) is 4.74 Å². The van der Waals surface area contributed by atoms with Gasteiger partial charge in [-0.2, -0.15) is 0 Å². The van der Waals surface area contributed by atoms with Crippen LogP contribution in [0.25, 0.3) is 0 Å². The molecule has 2 saturated heterocycles. The Morgan fingerprint density at radius 1 is 1.27 bits per heavy atom. The van der Waals surface area contributed by atoms with E-state index in [1.54, 1.807) is 18.2 Å². The number of nitrogens with zero attached hydrogens (tertiary/aromatic N) is 2. The Labute approximate surface area is 176 Å². The molecule has 8 heteroatoms. The van der Waals surface area contributed by atoms with E-state index in [9.17, 15) is 19.2 Å². The molecule has 162 valence electrons. The van der Waals surface area contributed by atoms with Crippen LogP contribution in [0.1, 0.15) is 52.8 Å². The van der Waals surface area contributed by atoms with E-state index < -0.39 is 17.9 Å². The molecule has 0 aromatic heterocycles. The van der Waals surface area contributed by atoms with Crippen LogP contribution in [0.3, 0.4) is 0 Å². The fraction of sp³-hybridized carbons (Fsp3) is 0.545. The van der Waals surface area contributed by atoms with Crippen molar-refractivity contribution in [2.45, 2.75) is 38.1 Å². The van der Waals surface area contributed by atoms with Gasteiger partial charge in [-0.05, 0) is 57.8 Å². The Morgan fingerprint density at radius 3 is 2.67 bits per heavy atom. The van der Waals surface area contributed by atoms with E-state index in [0.717, 1.165) is 32.4 Å². The van der Waals surface area contributed by atoms with Gasteiger partial charge in [-0.25, -0.2) is 0 Å². The zero-order chi connectivity index (χ0) is 21.7. The number of nitrogens with one attached hydrogen (secondary N) is 1. The molecular formula is C22H29N3O5. The number of carbonyl (C=O) groups excluding carboxylic acids is 4. The van der Waals surface area contributed by atoms with Crippen molar-refractivity contribution in [1.29, 1.82) is 0 Å². The SMILES string of the molecule is CN1CCC(CCOc2cccc(C=O)c2C(=O)N(C)C2CCC(=O)NC2=O)CC1. The first-order valence-electron chi connectivity index (χ1n) is 10.4. The highest BCUT2D eigenvalue weighted by Crippen LogP contribution is 2.26. The maximum Gasteiger partial charge on any atom is 0.258 e. The van der Waals surface area contributed by atoms with Gasteiger partial charge >= 0.3 is 0 Å². The Morgan fingerprint density at radius 2 is 2.00 bits per heavy atom. The molecule has 0 bridgehead atoms. The molecule has 1 atom stereocenters. The number of benzene rings is 1. The molecule has 1 aromatic carbocycles. The lowest BCUT2D eigenvalue weighted by atomic mass is 9.94. The molecule has 1 aromatic rings. The number of ether oxygens (including phenoxy) is 1. The molecule has 30 heavy (non-hydrogen) atoms. The first kappa shape index (κ1) is 22.0. The Hall–Kier alpha value is -2.74. The predicted octanol–water partition coefficient (Wildman–Crippen LogP) is 1.49. The summed E-state index contributed by atoms with van der Waals surface area (Å²) in [5, 5.41) is 2.26. The van der Waals surface area contributed by atoms with Gasteiger partial charge in [0.2, 0.25) is 11.8 Å². The van der Waals surface area contributed by atoms with Crippen molar-refractivity contribution in [3.63, 3.8) is 0 Å². The van der Waals surface area contributed by atoms with Gasteiger partial charge in [0.25, 0.3) is 5.91 Å². The van der Waals surface area contributed by atoms with Gasteiger partial charge in [-0.1, -0.05) is 12.1 Å². The molecule has 0 radical (unpaired) electrons. The molecule has 0 saturated carbocycles. The quantitative estimate of drug-likeness (QED) is 0.535. The van der Waals surface area contributed by atoms with Gasteiger partial charge in [0.15, 0.2) is 6.29 Å². The maximum atomic E-state index is 13.2. The first-order chi connectivity index (χ1) is 14.4. The summed E-state index contributed by atoms with van der Waals surface area (Å²) in [6.45, 7) is 2.61. The van der Waals surface area contributed by atoms with Gasteiger partial charge in [0.05, 0.1) is 12.2 Å². The van der Waals surface area contributed by atoms with Crippen LogP contribution in [0.5, 0.6) is 5.75 Å². The average molecular weight is 415 g/mol. The van der Waals surface area contributed by atoms with E-state index >= 15 is 0 Å². The highest BCUT2D eigenvalue weighted by Gasteiger charge is 2.34. The number of aldehydes is 1. The second kappa shape index (κ2) is 9.84. The Bertz CT molecular complexity index is 817. The van der Waals surface area contributed by atoms with E-state index in [2.05, 4.69) is 17.3 Å². The number of amides is 3. The summed E-state index contributed by atoms with van der Waals surface area (Å²) in [5.74, 6) is -0.391. The van der Waals surface area contributed by atoms with Gasteiger partial charge in [-0.3, -0.25) is 24.5 Å². The monoisotopic (exact) mass is 415 g/mol. The molecule has 2 aliphatic heterocycles. The molecule has 8 nitrogen and oxygen atoms in total. The minimum absolute atomic E-state index is 0.156. The molecular weight excluding hydrogens is 386 g/mol. The second-order valence-electron chi connectivity index (χ2n) is 8.10. The minimum Gasteiger partial charge on any atom is -0.493 e. The molecule has 2 heterocycles. The fourth-order valence-electron chi connectivity index (χ4n) is 4.05. The number of imide groups is 1. The third kappa shape index (κ3) is 5.05. The summed E-state index contributed by atoms with van der Waals surface area (Å²) in [6.07, 6.45) is 4.17. The summed E-state index contributed by atoms with van der Waals surface area (Å²) in [5.41, 5.74) is 0.374. The second-order valence-corrected chi connectivity index (χ2v) is 8.10. The summed E-state index contributed by atoms with van der Waals surface area (Å²) >= 11 is 0. The fourth-order valence-corrected chi connectivity index (χ4v) is 4.05. The highest BCUT2D eigenvalue weighted by atomic mass is 16.5. The molecule has 0 spiro atoms. The number of hydrogen-bond donors (Lipinski definition) is 1. The van der Waals surface area contributed by atoms with Crippen molar-refractivity contribution in [2.75, 3.05) is 33.8 Å². The van der Waals surface area contributed by atoms with E-state index in [1.807, 2.05) is 0 Å². The van der Waals surface area contributed by atoms with Crippen molar-refractivity contribution < 1.29 is 23.9 Å². The lowest BCUT2D eigenvalue weighted by Crippen LogP contribution is -2.53. The summed E-state index contributed by atoms with van der Waals surface area (Å²) in [4.78, 5) is 51.9. The third-order valence-electron chi connectivity index (χ3n) is 6.02.